The highest BCUT2D eigenvalue weighted by Gasteiger charge is 2.10. The van der Waals surface area contributed by atoms with Gasteiger partial charge in [-0.25, -0.2) is 0 Å². The predicted molar refractivity (Wildman–Crippen MR) is 59.1 cm³/mol. The molecule has 0 aliphatic rings. The van der Waals surface area contributed by atoms with Gasteiger partial charge in [-0.1, -0.05) is 0 Å². The third kappa shape index (κ3) is 4.24. The molecule has 1 heterocycles. The molecule has 0 saturated carbocycles. The summed E-state index contributed by atoms with van der Waals surface area (Å²) in [4.78, 5) is 11.5. The molecule has 0 aliphatic heterocycles. The van der Waals surface area contributed by atoms with E-state index in [0.29, 0.717) is 17.7 Å². The molecule has 0 spiro atoms. The number of nitrogens with one attached hydrogen (secondary N) is 2. The van der Waals surface area contributed by atoms with E-state index in [1.165, 1.54) is 6.20 Å². The number of H-pyrrole nitrogens is 1. The molecule has 0 bridgehead atoms. The fraction of sp³-hybridized carbons (Fsp3) is 0.556. The van der Waals surface area contributed by atoms with Crippen LogP contribution in [0.25, 0.3) is 0 Å². The van der Waals surface area contributed by atoms with E-state index in [-0.39, 0.29) is 11.9 Å². The van der Waals surface area contributed by atoms with Crippen LogP contribution in [-0.4, -0.2) is 38.4 Å². The van der Waals surface area contributed by atoms with Crippen molar-refractivity contribution in [1.29, 1.82) is 0 Å². The van der Waals surface area contributed by atoms with Crippen molar-refractivity contribution in [3.8, 4) is 0 Å². The second-order valence-electron chi connectivity index (χ2n) is 3.43. The molecule has 5 nitrogen and oxygen atoms in total. The van der Waals surface area contributed by atoms with Crippen LogP contribution in [0.1, 0.15) is 23.7 Å². The molecule has 0 aliphatic carbocycles. The zero-order valence-electron chi connectivity index (χ0n) is 8.82. The van der Waals surface area contributed by atoms with Crippen molar-refractivity contribution in [3.05, 3.63) is 18.0 Å². The standard InChI is InChI=1S/C9H15N3O2S/c1-7(3-4-15(2)14)12-9(13)8-5-10-11-6-8/h5-7H,3-4H2,1-2H3,(H,10,11)(H,12,13). The van der Waals surface area contributed by atoms with Gasteiger partial charge in [-0.2, -0.15) is 5.10 Å². The largest absolute Gasteiger partial charge is 0.349 e. The first-order valence-corrected chi connectivity index (χ1v) is 6.42. The van der Waals surface area contributed by atoms with Crippen molar-refractivity contribution in [3.63, 3.8) is 0 Å². The maximum absolute atomic E-state index is 11.5. The third-order valence-corrected chi connectivity index (χ3v) is 2.79. The Morgan fingerprint density at radius 3 is 3.00 bits per heavy atom. The molecule has 1 amide bonds. The SMILES string of the molecule is CC(CCS(C)=O)NC(=O)c1cn[nH]c1. The summed E-state index contributed by atoms with van der Waals surface area (Å²) < 4.78 is 10.8. The molecular formula is C9H15N3O2S. The first kappa shape index (κ1) is 11.9. The Labute approximate surface area is 91.1 Å². The number of aromatic amines is 1. The van der Waals surface area contributed by atoms with E-state index in [1.807, 2.05) is 6.92 Å². The zero-order valence-corrected chi connectivity index (χ0v) is 9.63. The molecular weight excluding hydrogens is 214 g/mol. The van der Waals surface area contributed by atoms with E-state index in [0.717, 1.165) is 0 Å². The second-order valence-corrected chi connectivity index (χ2v) is 4.98. The van der Waals surface area contributed by atoms with E-state index in [4.69, 9.17) is 0 Å². The fourth-order valence-corrected chi connectivity index (χ4v) is 1.78. The Morgan fingerprint density at radius 1 is 1.73 bits per heavy atom. The number of nitrogens with zero attached hydrogens (tertiary/aromatic N) is 1. The molecule has 0 aromatic carbocycles. The lowest BCUT2D eigenvalue weighted by Crippen LogP contribution is -2.33. The van der Waals surface area contributed by atoms with Gasteiger partial charge in [0.1, 0.15) is 0 Å². The minimum absolute atomic E-state index is 0.0244. The highest BCUT2D eigenvalue weighted by Crippen LogP contribution is 1.97. The lowest BCUT2D eigenvalue weighted by atomic mass is 10.2. The van der Waals surface area contributed by atoms with Gasteiger partial charge in [0.2, 0.25) is 0 Å². The average Bonchev–Trinajstić information content (AvgIpc) is 2.67. The Bertz CT molecular complexity index is 337. The van der Waals surface area contributed by atoms with E-state index in [1.54, 1.807) is 12.5 Å². The van der Waals surface area contributed by atoms with Crippen LogP contribution in [0.2, 0.25) is 0 Å². The summed E-state index contributed by atoms with van der Waals surface area (Å²) in [5.74, 6) is 0.449. The number of carbonyl (C=O) groups excluding carboxylic acids is 1. The van der Waals surface area contributed by atoms with Crippen molar-refractivity contribution in [2.75, 3.05) is 12.0 Å². The maximum Gasteiger partial charge on any atom is 0.254 e. The predicted octanol–water partition coefficient (Wildman–Crippen LogP) is 0.297. The lowest BCUT2D eigenvalue weighted by molar-refractivity contribution is 0.0939. The molecule has 0 fully saturated rings. The van der Waals surface area contributed by atoms with Crippen molar-refractivity contribution in [2.24, 2.45) is 0 Å². The lowest BCUT2D eigenvalue weighted by Gasteiger charge is -2.11. The van der Waals surface area contributed by atoms with Crippen LogP contribution in [0.4, 0.5) is 0 Å². The van der Waals surface area contributed by atoms with Gasteiger partial charge in [-0.05, 0) is 13.3 Å². The van der Waals surface area contributed by atoms with Crippen LogP contribution >= 0.6 is 0 Å². The smallest absolute Gasteiger partial charge is 0.254 e. The van der Waals surface area contributed by atoms with Crippen LogP contribution in [0.5, 0.6) is 0 Å². The van der Waals surface area contributed by atoms with Crippen LogP contribution < -0.4 is 5.32 Å². The summed E-state index contributed by atoms with van der Waals surface area (Å²) in [7, 11) is -0.808. The maximum atomic E-state index is 11.5. The molecule has 0 radical (unpaired) electrons. The third-order valence-electron chi connectivity index (χ3n) is 1.98. The molecule has 6 heteroatoms. The molecule has 2 N–H and O–H groups in total. The fourth-order valence-electron chi connectivity index (χ4n) is 1.10. The Hall–Kier alpha value is -1.17. The summed E-state index contributed by atoms with van der Waals surface area (Å²) in [6, 6.07) is 0.0244. The summed E-state index contributed by atoms with van der Waals surface area (Å²) in [5.41, 5.74) is 0.513. The van der Waals surface area contributed by atoms with Crippen LogP contribution in [0.15, 0.2) is 12.4 Å². The molecule has 0 saturated heterocycles. The van der Waals surface area contributed by atoms with Crippen molar-refractivity contribution < 1.29 is 9.00 Å². The van der Waals surface area contributed by atoms with Gasteiger partial charge in [-0.15, -0.1) is 0 Å². The van der Waals surface area contributed by atoms with Gasteiger partial charge < -0.3 is 5.32 Å². The summed E-state index contributed by atoms with van der Waals surface area (Å²) >= 11 is 0. The van der Waals surface area contributed by atoms with E-state index >= 15 is 0 Å². The zero-order chi connectivity index (χ0) is 11.3. The molecule has 1 rings (SSSR count). The summed E-state index contributed by atoms with van der Waals surface area (Å²) in [6.07, 6.45) is 5.39. The van der Waals surface area contributed by atoms with Gasteiger partial charge in [0.15, 0.2) is 0 Å². The van der Waals surface area contributed by atoms with Crippen LogP contribution in [-0.2, 0) is 10.8 Å². The molecule has 2 unspecified atom stereocenters. The van der Waals surface area contributed by atoms with Crippen molar-refractivity contribution in [2.45, 2.75) is 19.4 Å². The first-order chi connectivity index (χ1) is 7.09. The average molecular weight is 229 g/mol. The number of rotatable bonds is 5. The first-order valence-electron chi connectivity index (χ1n) is 4.69. The normalized spacial score (nSPS) is 14.5. The van der Waals surface area contributed by atoms with E-state index in [2.05, 4.69) is 15.5 Å². The van der Waals surface area contributed by atoms with Gasteiger partial charge in [-0.3, -0.25) is 14.1 Å². The molecule has 84 valence electrons. The summed E-state index contributed by atoms with van der Waals surface area (Å²) in [6.45, 7) is 1.89. The molecule has 15 heavy (non-hydrogen) atoms. The highest BCUT2D eigenvalue weighted by molar-refractivity contribution is 7.84. The number of aromatic nitrogens is 2. The summed E-state index contributed by atoms with van der Waals surface area (Å²) in [5, 5.41) is 9.07. The Balaban J connectivity index is 2.35. The number of amides is 1. The topological polar surface area (TPSA) is 74.8 Å². The van der Waals surface area contributed by atoms with Crippen LogP contribution in [0.3, 0.4) is 0 Å². The molecule has 1 aromatic heterocycles. The minimum Gasteiger partial charge on any atom is -0.349 e. The Kier molecular flexibility index (Phi) is 4.48. The van der Waals surface area contributed by atoms with Crippen LogP contribution in [0, 0.1) is 0 Å². The van der Waals surface area contributed by atoms with Gasteiger partial charge in [0, 0.05) is 35.0 Å². The van der Waals surface area contributed by atoms with Crippen molar-refractivity contribution >= 4 is 16.7 Å². The molecule has 1 aromatic rings. The van der Waals surface area contributed by atoms with Gasteiger partial charge in [0.05, 0.1) is 11.8 Å². The monoisotopic (exact) mass is 229 g/mol. The number of carbonyl (C=O) groups is 1. The number of hydrogen-bond donors (Lipinski definition) is 2. The quantitative estimate of drug-likeness (QED) is 0.762. The highest BCUT2D eigenvalue weighted by atomic mass is 32.2. The van der Waals surface area contributed by atoms with E-state index < -0.39 is 10.8 Å². The van der Waals surface area contributed by atoms with Gasteiger partial charge in [0.25, 0.3) is 5.91 Å². The Morgan fingerprint density at radius 2 is 2.47 bits per heavy atom. The number of hydrogen-bond acceptors (Lipinski definition) is 3. The molecule has 2 atom stereocenters. The minimum atomic E-state index is -0.808. The van der Waals surface area contributed by atoms with E-state index in [9.17, 15) is 9.00 Å². The van der Waals surface area contributed by atoms with Gasteiger partial charge >= 0.3 is 0 Å². The second kappa shape index (κ2) is 5.65. The van der Waals surface area contributed by atoms with Crippen molar-refractivity contribution in [1.82, 2.24) is 15.5 Å².